The van der Waals surface area contributed by atoms with Crippen LogP contribution >= 0.6 is 0 Å². The van der Waals surface area contributed by atoms with E-state index >= 15 is 0 Å². The van der Waals surface area contributed by atoms with E-state index in [1.165, 1.54) is 6.26 Å². The average Bonchev–Trinajstić information content (AvgIpc) is 3.83. The summed E-state index contributed by atoms with van der Waals surface area (Å²) in [6.07, 6.45) is 12.8. The van der Waals surface area contributed by atoms with Gasteiger partial charge in [-0.05, 0) is 75.5 Å². The van der Waals surface area contributed by atoms with Gasteiger partial charge in [0.05, 0.1) is 34.6 Å². The molecule has 3 aliphatic rings. The number of carbonyl (C=O) groups is 1. The Balaban J connectivity index is 1.20. The van der Waals surface area contributed by atoms with Gasteiger partial charge in [0.1, 0.15) is 6.26 Å². The fraction of sp³-hybridized carbons (Fsp3) is 0.429. The largest absolute Gasteiger partial charge is 0.444 e. The molecule has 37 heavy (non-hydrogen) atoms. The zero-order valence-electron chi connectivity index (χ0n) is 20.5. The first-order valence-electron chi connectivity index (χ1n) is 13.2. The predicted molar refractivity (Wildman–Crippen MR) is 134 cm³/mol. The van der Waals surface area contributed by atoms with Crippen molar-refractivity contribution in [2.75, 3.05) is 5.32 Å². The summed E-state index contributed by atoms with van der Waals surface area (Å²) in [5.74, 6) is 0.726. The van der Waals surface area contributed by atoms with Gasteiger partial charge in [0, 0.05) is 34.4 Å². The molecule has 3 fully saturated rings. The van der Waals surface area contributed by atoms with Gasteiger partial charge in [-0.15, -0.1) is 0 Å². The van der Waals surface area contributed by atoms with E-state index in [1.807, 2.05) is 29.1 Å². The minimum absolute atomic E-state index is 0.170. The maximum atomic E-state index is 13.3. The number of nitrogens with zero attached hydrogens (tertiary/aromatic N) is 4. The third kappa shape index (κ3) is 4.07. The van der Waals surface area contributed by atoms with Crippen molar-refractivity contribution in [1.82, 2.24) is 14.8 Å². The molecule has 0 unspecified atom stereocenters. The van der Waals surface area contributed by atoms with Crippen LogP contribution in [0.1, 0.15) is 79.5 Å². The fourth-order valence-corrected chi connectivity index (χ4v) is 5.88. The van der Waals surface area contributed by atoms with Crippen LogP contribution < -0.4 is 10.0 Å². The molecule has 3 heterocycles. The number of oxazole rings is 1. The van der Waals surface area contributed by atoms with Crippen LogP contribution in [0.4, 0.5) is 5.69 Å². The topological polar surface area (TPSA) is 117 Å². The van der Waals surface area contributed by atoms with Gasteiger partial charge in [0.15, 0.2) is 0 Å². The lowest BCUT2D eigenvalue weighted by Gasteiger charge is -2.36. The number of aliphatic hydroxyl groups is 1. The summed E-state index contributed by atoms with van der Waals surface area (Å²) in [5, 5.41) is 30.3. The molecule has 0 saturated heterocycles. The molecular weight excluding hydrogens is 470 g/mol. The number of rotatable bonds is 6. The summed E-state index contributed by atoms with van der Waals surface area (Å²) >= 11 is 0. The zero-order chi connectivity index (χ0) is 25.1. The predicted octanol–water partition coefficient (Wildman–Crippen LogP) is 4.60. The summed E-state index contributed by atoms with van der Waals surface area (Å²) in [6.45, 7) is 0. The molecule has 190 valence electrons. The highest BCUT2D eigenvalue weighted by atomic mass is 16.5. The number of anilines is 1. The Morgan fingerprint density at radius 1 is 1.14 bits per heavy atom. The SMILES string of the molecule is O=C(Nc1cc2cn(C3CCC(O)(C4CC4)CC3)nc2cc1-c1ncco1)c1cccc(C2CC2)[n+]1O. The first-order valence-corrected chi connectivity index (χ1v) is 13.2. The van der Waals surface area contributed by atoms with E-state index in [4.69, 9.17) is 9.52 Å². The van der Waals surface area contributed by atoms with E-state index in [9.17, 15) is 15.1 Å². The molecular formula is C28H30N5O4+. The lowest BCUT2D eigenvalue weighted by Crippen LogP contribution is -2.43. The smallest absolute Gasteiger partial charge is 0.325 e. The highest BCUT2D eigenvalue weighted by molar-refractivity contribution is 6.05. The van der Waals surface area contributed by atoms with E-state index < -0.39 is 11.5 Å². The van der Waals surface area contributed by atoms with E-state index in [2.05, 4.69) is 10.3 Å². The molecule has 3 aliphatic carbocycles. The van der Waals surface area contributed by atoms with Crippen molar-refractivity contribution in [2.24, 2.45) is 5.92 Å². The molecule has 3 aromatic heterocycles. The van der Waals surface area contributed by atoms with Gasteiger partial charge in [-0.1, -0.05) is 0 Å². The molecule has 0 atom stereocenters. The second kappa shape index (κ2) is 8.41. The number of fused-ring (bicyclic) bond motifs is 1. The van der Waals surface area contributed by atoms with Gasteiger partial charge >= 0.3 is 11.6 Å². The Hall–Kier alpha value is -3.72. The maximum Gasteiger partial charge on any atom is 0.325 e. The van der Waals surface area contributed by atoms with Crippen LogP contribution in [-0.4, -0.2) is 36.6 Å². The zero-order valence-corrected chi connectivity index (χ0v) is 20.5. The summed E-state index contributed by atoms with van der Waals surface area (Å²) in [7, 11) is 0. The number of carbonyl (C=O) groups excluding carboxylic acids is 1. The molecule has 0 radical (unpaired) electrons. The Labute approximate surface area is 213 Å². The lowest BCUT2D eigenvalue weighted by atomic mass is 9.79. The number of pyridine rings is 1. The third-order valence-electron chi connectivity index (χ3n) is 8.33. The molecule has 9 nitrogen and oxygen atoms in total. The molecule has 3 N–H and O–H groups in total. The molecule has 1 amide bonds. The van der Waals surface area contributed by atoms with Crippen LogP contribution in [0, 0.1) is 5.92 Å². The van der Waals surface area contributed by atoms with Gasteiger partial charge in [-0.3, -0.25) is 14.7 Å². The number of aromatic nitrogens is 4. The van der Waals surface area contributed by atoms with Crippen LogP contribution in [0.5, 0.6) is 0 Å². The van der Waals surface area contributed by atoms with Gasteiger partial charge in [-0.2, -0.15) is 5.10 Å². The Morgan fingerprint density at radius 3 is 2.65 bits per heavy atom. The van der Waals surface area contributed by atoms with Crippen LogP contribution in [0.2, 0.25) is 0 Å². The minimum Gasteiger partial charge on any atom is -0.444 e. The van der Waals surface area contributed by atoms with Crippen LogP contribution in [0.25, 0.3) is 22.4 Å². The van der Waals surface area contributed by atoms with Crippen molar-refractivity contribution in [2.45, 2.75) is 68.9 Å². The molecule has 1 aromatic carbocycles. The summed E-state index contributed by atoms with van der Waals surface area (Å²) in [6, 6.07) is 9.24. The number of hydrogen-bond acceptors (Lipinski definition) is 6. The van der Waals surface area contributed by atoms with Crippen molar-refractivity contribution in [3.8, 4) is 11.5 Å². The second-order valence-corrected chi connectivity index (χ2v) is 10.9. The summed E-state index contributed by atoms with van der Waals surface area (Å²) < 4.78 is 8.58. The normalized spacial score (nSPS) is 23.9. The van der Waals surface area contributed by atoms with Gasteiger partial charge in [0.2, 0.25) is 11.6 Å². The van der Waals surface area contributed by atoms with Crippen molar-refractivity contribution in [3.05, 3.63) is 60.4 Å². The monoisotopic (exact) mass is 500 g/mol. The number of benzene rings is 1. The highest BCUT2D eigenvalue weighted by Crippen LogP contribution is 2.49. The molecule has 0 spiro atoms. The highest BCUT2D eigenvalue weighted by Gasteiger charge is 2.46. The Bertz CT molecular complexity index is 1480. The second-order valence-electron chi connectivity index (χ2n) is 10.9. The Morgan fingerprint density at radius 2 is 1.95 bits per heavy atom. The molecule has 7 rings (SSSR count). The number of nitrogens with one attached hydrogen (secondary N) is 1. The summed E-state index contributed by atoms with van der Waals surface area (Å²) in [4.78, 5) is 17.6. The molecule has 4 aromatic rings. The third-order valence-corrected chi connectivity index (χ3v) is 8.33. The molecule has 3 saturated carbocycles. The first-order chi connectivity index (χ1) is 18.0. The summed E-state index contributed by atoms with van der Waals surface area (Å²) in [5.41, 5.74) is 2.34. The van der Waals surface area contributed by atoms with Crippen LogP contribution in [-0.2, 0) is 0 Å². The van der Waals surface area contributed by atoms with Crippen LogP contribution in [0.3, 0.4) is 0 Å². The van der Waals surface area contributed by atoms with Crippen LogP contribution in [0.15, 0.2) is 53.4 Å². The standard InChI is InChI=1S/C28H29N5O4/c34-26(25-3-1-2-24(33(25)36)17-4-5-17)30-23-14-18-16-32(20-8-10-28(35,11-9-20)19-6-7-19)31-22(18)15-21(23)27-29-12-13-37-27/h1-3,12-17,19-20,35H,4-11H2,(H-,30,34,36)/p+1. The minimum atomic E-state index is -0.501. The van der Waals surface area contributed by atoms with E-state index in [1.54, 1.807) is 18.3 Å². The number of hydrogen-bond donors (Lipinski definition) is 3. The maximum absolute atomic E-state index is 13.3. The van der Waals surface area contributed by atoms with Gasteiger partial charge in [-0.25, -0.2) is 4.98 Å². The van der Waals surface area contributed by atoms with Crippen molar-refractivity contribution < 1.29 is 24.3 Å². The van der Waals surface area contributed by atoms with Crippen molar-refractivity contribution in [3.63, 3.8) is 0 Å². The number of amides is 1. The molecule has 0 bridgehead atoms. The first kappa shape index (κ1) is 22.5. The van der Waals surface area contributed by atoms with Crippen molar-refractivity contribution >= 4 is 22.5 Å². The van der Waals surface area contributed by atoms with Gasteiger partial charge < -0.3 is 14.8 Å². The quantitative estimate of drug-likeness (QED) is 0.263. The van der Waals surface area contributed by atoms with Crippen molar-refractivity contribution in [1.29, 1.82) is 0 Å². The fourth-order valence-electron chi connectivity index (χ4n) is 5.88. The molecule has 0 aliphatic heterocycles. The average molecular weight is 501 g/mol. The lowest BCUT2D eigenvalue weighted by molar-refractivity contribution is -0.910. The molecule has 9 heteroatoms. The van der Waals surface area contributed by atoms with E-state index in [0.29, 0.717) is 29.0 Å². The van der Waals surface area contributed by atoms with Gasteiger partial charge in [0.25, 0.3) is 0 Å². The Kier molecular flexibility index (Phi) is 5.11. The van der Waals surface area contributed by atoms with E-state index in [0.717, 1.165) is 72.7 Å². The van der Waals surface area contributed by atoms with E-state index in [-0.39, 0.29) is 11.7 Å².